The van der Waals surface area contributed by atoms with Gasteiger partial charge in [-0.1, -0.05) is 12.1 Å². The summed E-state index contributed by atoms with van der Waals surface area (Å²) in [6.07, 6.45) is 1.94. The summed E-state index contributed by atoms with van der Waals surface area (Å²) < 4.78 is 15.6. The molecule has 0 radical (unpaired) electrons. The van der Waals surface area contributed by atoms with E-state index in [2.05, 4.69) is 12.1 Å². The van der Waals surface area contributed by atoms with Crippen molar-refractivity contribution in [2.24, 2.45) is 5.92 Å². The Kier molecular flexibility index (Phi) is 8.63. The van der Waals surface area contributed by atoms with E-state index in [9.17, 15) is 0 Å². The molecule has 0 amide bonds. The SMILES string of the molecule is COCCOCCC(CCl)Cc1ccc(OC)cc1. The summed E-state index contributed by atoms with van der Waals surface area (Å²) in [5.74, 6) is 1.98. The summed E-state index contributed by atoms with van der Waals surface area (Å²) in [7, 11) is 3.35. The fourth-order valence-electron chi connectivity index (χ4n) is 1.82. The summed E-state index contributed by atoms with van der Waals surface area (Å²) in [5.41, 5.74) is 1.28. The van der Waals surface area contributed by atoms with E-state index in [1.54, 1.807) is 14.2 Å². The van der Waals surface area contributed by atoms with Gasteiger partial charge in [0.1, 0.15) is 5.75 Å². The maximum absolute atomic E-state index is 6.01. The zero-order valence-corrected chi connectivity index (χ0v) is 12.5. The van der Waals surface area contributed by atoms with Crippen molar-refractivity contribution in [1.82, 2.24) is 0 Å². The van der Waals surface area contributed by atoms with Crippen LogP contribution in [0.1, 0.15) is 12.0 Å². The van der Waals surface area contributed by atoms with Crippen LogP contribution in [-0.2, 0) is 15.9 Å². The lowest BCUT2D eigenvalue weighted by Gasteiger charge is -2.14. The predicted molar refractivity (Wildman–Crippen MR) is 78.2 cm³/mol. The number of hydrogen-bond donors (Lipinski definition) is 0. The molecule has 0 heterocycles. The van der Waals surface area contributed by atoms with E-state index in [1.165, 1.54) is 5.56 Å². The molecule has 0 aliphatic rings. The normalized spacial score (nSPS) is 12.4. The van der Waals surface area contributed by atoms with Gasteiger partial charge in [0.2, 0.25) is 0 Å². The van der Waals surface area contributed by atoms with Crippen molar-refractivity contribution in [2.45, 2.75) is 12.8 Å². The number of ether oxygens (including phenoxy) is 3. The number of rotatable bonds is 10. The summed E-state index contributed by atoms with van der Waals surface area (Å²) in [5, 5.41) is 0. The van der Waals surface area contributed by atoms with Crippen LogP contribution in [-0.4, -0.2) is 39.9 Å². The van der Waals surface area contributed by atoms with Crippen LogP contribution in [0.3, 0.4) is 0 Å². The zero-order valence-electron chi connectivity index (χ0n) is 11.7. The molecule has 3 nitrogen and oxygen atoms in total. The standard InChI is InChI=1S/C15H23ClO3/c1-17-9-10-19-8-7-14(12-16)11-13-3-5-15(18-2)6-4-13/h3-6,14H,7-12H2,1-2H3. The number of alkyl halides is 1. The van der Waals surface area contributed by atoms with Gasteiger partial charge in [0.05, 0.1) is 20.3 Å². The number of benzene rings is 1. The van der Waals surface area contributed by atoms with Crippen LogP contribution < -0.4 is 4.74 Å². The minimum Gasteiger partial charge on any atom is -0.497 e. The Balaban J connectivity index is 2.30. The first-order valence-corrected chi connectivity index (χ1v) is 7.09. The first-order chi connectivity index (χ1) is 9.30. The molecule has 0 saturated carbocycles. The molecule has 1 rings (SSSR count). The molecule has 1 unspecified atom stereocenters. The maximum atomic E-state index is 6.01. The van der Waals surface area contributed by atoms with Gasteiger partial charge >= 0.3 is 0 Å². The molecule has 0 aliphatic carbocycles. The van der Waals surface area contributed by atoms with Crippen LogP contribution >= 0.6 is 11.6 Å². The van der Waals surface area contributed by atoms with Crippen molar-refractivity contribution in [3.63, 3.8) is 0 Å². The molecule has 19 heavy (non-hydrogen) atoms. The third-order valence-electron chi connectivity index (χ3n) is 3.00. The molecule has 1 atom stereocenters. The average molecular weight is 287 g/mol. The minimum absolute atomic E-state index is 0.442. The summed E-state index contributed by atoms with van der Waals surface area (Å²) in [6.45, 7) is 2.02. The highest BCUT2D eigenvalue weighted by Crippen LogP contribution is 2.17. The Labute approximate surface area is 120 Å². The maximum Gasteiger partial charge on any atom is 0.118 e. The molecule has 1 aromatic carbocycles. The predicted octanol–water partition coefficient (Wildman–Crippen LogP) is 3.15. The van der Waals surface area contributed by atoms with Gasteiger partial charge in [0.25, 0.3) is 0 Å². The molecular weight excluding hydrogens is 264 g/mol. The summed E-state index contributed by atoms with van der Waals surface area (Å²) in [6, 6.07) is 8.14. The largest absolute Gasteiger partial charge is 0.497 e. The molecule has 0 aliphatic heterocycles. The van der Waals surface area contributed by atoms with Crippen LogP contribution in [0.4, 0.5) is 0 Å². The Bertz CT molecular complexity index is 327. The molecule has 4 heteroatoms. The molecule has 0 spiro atoms. The average Bonchev–Trinajstić information content (AvgIpc) is 2.46. The van der Waals surface area contributed by atoms with Crippen LogP contribution in [0, 0.1) is 5.92 Å². The monoisotopic (exact) mass is 286 g/mol. The third-order valence-corrected chi connectivity index (χ3v) is 3.44. The van der Waals surface area contributed by atoms with Gasteiger partial charge in [-0.3, -0.25) is 0 Å². The van der Waals surface area contributed by atoms with E-state index in [1.807, 2.05) is 12.1 Å². The first kappa shape index (κ1) is 16.3. The Morgan fingerprint density at radius 3 is 2.37 bits per heavy atom. The Morgan fingerprint density at radius 2 is 1.79 bits per heavy atom. The summed E-state index contributed by atoms with van der Waals surface area (Å²) in [4.78, 5) is 0. The molecule has 0 N–H and O–H groups in total. The second-order valence-corrected chi connectivity index (χ2v) is 4.77. The van der Waals surface area contributed by atoms with Crippen LogP contribution in [0.2, 0.25) is 0 Å². The van der Waals surface area contributed by atoms with Crippen molar-refractivity contribution in [2.75, 3.05) is 39.9 Å². The quantitative estimate of drug-likeness (QED) is 0.488. The molecule has 0 fully saturated rings. The lowest BCUT2D eigenvalue weighted by atomic mass is 9.98. The third kappa shape index (κ3) is 6.81. The highest BCUT2D eigenvalue weighted by atomic mass is 35.5. The van der Waals surface area contributed by atoms with Crippen LogP contribution in [0.25, 0.3) is 0 Å². The second kappa shape index (κ2) is 10.1. The van der Waals surface area contributed by atoms with Crippen molar-refractivity contribution in [3.05, 3.63) is 29.8 Å². The fraction of sp³-hybridized carbons (Fsp3) is 0.600. The van der Waals surface area contributed by atoms with Gasteiger partial charge in [0.15, 0.2) is 0 Å². The number of methoxy groups -OCH3 is 2. The molecule has 1 aromatic rings. The van der Waals surface area contributed by atoms with Crippen molar-refractivity contribution in [1.29, 1.82) is 0 Å². The number of hydrogen-bond acceptors (Lipinski definition) is 3. The van der Waals surface area contributed by atoms with Gasteiger partial charge in [0, 0.05) is 19.6 Å². The van der Waals surface area contributed by atoms with E-state index >= 15 is 0 Å². The first-order valence-electron chi connectivity index (χ1n) is 6.55. The van der Waals surface area contributed by atoms with E-state index in [4.69, 9.17) is 25.8 Å². The highest BCUT2D eigenvalue weighted by molar-refractivity contribution is 6.18. The second-order valence-electron chi connectivity index (χ2n) is 4.47. The lowest BCUT2D eigenvalue weighted by Crippen LogP contribution is -2.12. The molecule has 108 valence electrons. The molecular formula is C15H23ClO3. The fourth-order valence-corrected chi connectivity index (χ4v) is 2.09. The van der Waals surface area contributed by atoms with Crippen molar-refractivity contribution in [3.8, 4) is 5.75 Å². The van der Waals surface area contributed by atoms with E-state index in [0.29, 0.717) is 25.0 Å². The molecule has 0 bridgehead atoms. The Hall–Kier alpha value is -0.770. The molecule has 0 saturated heterocycles. The van der Waals surface area contributed by atoms with E-state index in [0.717, 1.165) is 25.2 Å². The Morgan fingerprint density at radius 1 is 1.05 bits per heavy atom. The lowest BCUT2D eigenvalue weighted by molar-refractivity contribution is 0.0647. The van der Waals surface area contributed by atoms with Gasteiger partial charge in [-0.15, -0.1) is 11.6 Å². The van der Waals surface area contributed by atoms with Gasteiger partial charge < -0.3 is 14.2 Å². The van der Waals surface area contributed by atoms with Gasteiger partial charge in [-0.25, -0.2) is 0 Å². The van der Waals surface area contributed by atoms with Crippen molar-refractivity contribution < 1.29 is 14.2 Å². The zero-order chi connectivity index (χ0) is 13.9. The van der Waals surface area contributed by atoms with Crippen LogP contribution in [0.15, 0.2) is 24.3 Å². The van der Waals surface area contributed by atoms with E-state index in [-0.39, 0.29) is 0 Å². The minimum atomic E-state index is 0.442. The summed E-state index contributed by atoms with van der Waals surface area (Å²) >= 11 is 6.01. The number of halogens is 1. The molecule has 0 aromatic heterocycles. The van der Waals surface area contributed by atoms with Gasteiger partial charge in [-0.05, 0) is 36.5 Å². The van der Waals surface area contributed by atoms with E-state index < -0.39 is 0 Å². The van der Waals surface area contributed by atoms with Crippen LogP contribution in [0.5, 0.6) is 5.75 Å². The highest BCUT2D eigenvalue weighted by Gasteiger charge is 2.08. The van der Waals surface area contributed by atoms with Gasteiger partial charge in [-0.2, -0.15) is 0 Å². The smallest absolute Gasteiger partial charge is 0.118 e. The topological polar surface area (TPSA) is 27.7 Å². The van der Waals surface area contributed by atoms with Crippen molar-refractivity contribution >= 4 is 11.6 Å².